The zero-order chi connectivity index (χ0) is 19.4. The number of carbonyl (C=O) groups excluding carboxylic acids is 1. The van der Waals surface area contributed by atoms with E-state index in [9.17, 15) is 18.0 Å². The van der Waals surface area contributed by atoms with Crippen molar-refractivity contribution in [3.05, 3.63) is 60.5 Å². The number of hydrogen-bond donors (Lipinski definition) is 1. The van der Waals surface area contributed by atoms with E-state index in [-0.39, 0.29) is 5.69 Å². The van der Waals surface area contributed by atoms with Gasteiger partial charge in [0.15, 0.2) is 6.10 Å². The monoisotopic (exact) mass is 377 g/mol. The van der Waals surface area contributed by atoms with E-state index >= 15 is 0 Å². The highest BCUT2D eigenvalue weighted by atomic mass is 19.4. The van der Waals surface area contributed by atoms with Crippen LogP contribution in [0.15, 0.2) is 59.3 Å². The van der Waals surface area contributed by atoms with Crippen molar-refractivity contribution < 1.29 is 27.1 Å². The van der Waals surface area contributed by atoms with Crippen LogP contribution in [0.2, 0.25) is 0 Å². The molecule has 1 aromatic heterocycles. The third-order valence-corrected chi connectivity index (χ3v) is 3.63. The van der Waals surface area contributed by atoms with Gasteiger partial charge in [0.2, 0.25) is 12.3 Å². The van der Waals surface area contributed by atoms with Crippen LogP contribution in [-0.4, -0.2) is 22.2 Å². The van der Waals surface area contributed by atoms with Gasteiger partial charge in [0.25, 0.3) is 5.91 Å². The topological polar surface area (TPSA) is 77.2 Å². The SMILES string of the molecule is C[C@@H](Oc1ccc(-c2nnco2)cc1)C(=O)Nc1ccccc1C(F)(F)F. The van der Waals surface area contributed by atoms with Crippen LogP contribution < -0.4 is 10.1 Å². The largest absolute Gasteiger partial charge is 0.481 e. The van der Waals surface area contributed by atoms with E-state index in [1.54, 1.807) is 24.3 Å². The van der Waals surface area contributed by atoms with Gasteiger partial charge in [0.05, 0.1) is 11.3 Å². The minimum Gasteiger partial charge on any atom is -0.481 e. The number of hydrogen-bond acceptors (Lipinski definition) is 5. The third kappa shape index (κ3) is 4.43. The lowest BCUT2D eigenvalue weighted by atomic mass is 10.1. The maximum Gasteiger partial charge on any atom is 0.418 e. The second kappa shape index (κ2) is 7.48. The molecule has 0 aliphatic rings. The average molecular weight is 377 g/mol. The summed E-state index contributed by atoms with van der Waals surface area (Å²) in [6, 6.07) is 11.2. The summed E-state index contributed by atoms with van der Waals surface area (Å²) < 4.78 is 49.6. The molecule has 0 spiro atoms. The summed E-state index contributed by atoms with van der Waals surface area (Å²) in [6.45, 7) is 1.44. The Bertz CT molecular complexity index is 910. The fraction of sp³-hybridized carbons (Fsp3) is 0.167. The summed E-state index contributed by atoms with van der Waals surface area (Å²) in [5, 5.41) is 9.60. The molecule has 6 nitrogen and oxygen atoms in total. The summed E-state index contributed by atoms with van der Waals surface area (Å²) >= 11 is 0. The normalized spacial score (nSPS) is 12.4. The van der Waals surface area contributed by atoms with Gasteiger partial charge >= 0.3 is 6.18 Å². The number of benzene rings is 2. The molecule has 1 atom stereocenters. The van der Waals surface area contributed by atoms with Crippen LogP contribution in [0.1, 0.15) is 12.5 Å². The van der Waals surface area contributed by atoms with E-state index in [1.165, 1.54) is 31.5 Å². The summed E-state index contributed by atoms with van der Waals surface area (Å²) in [5.74, 6) is -0.00574. The Morgan fingerprint density at radius 1 is 1.15 bits per heavy atom. The summed E-state index contributed by atoms with van der Waals surface area (Å²) in [7, 11) is 0. The number of alkyl halides is 3. The van der Waals surface area contributed by atoms with Crippen LogP contribution in [0.25, 0.3) is 11.5 Å². The number of amides is 1. The van der Waals surface area contributed by atoms with Gasteiger partial charge in [-0.25, -0.2) is 0 Å². The highest BCUT2D eigenvalue weighted by Crippen LogP contribution is 2.34. The Kier molecular flexibility index (Phi) is 5.11. The van der Waals surface area contributed by atoms with Crippen molar-refractivity contribution in [1.82, 2.24) is 10.2 Å². The van der Waals surface area contributed by atoms with Crippen LogP contribution in [0.4, 0.5) is 18.9 Å². The maximum atomic E-state index is 13.0. The number of nitrogens with one attached hydrogen (secondary N) is 1. The Morgan fingerprint density at radius 2 is 1.85 bits per heavy atom. The molecule has 0 aliphatic heterocycles. The molecule has 2 aromatic carbocycles. The Balaban J connectivity index is 1.66. The third-order valence-electron chi connectivity index (χ3n) is 3.63. The first kappa shape index (κ1) is 18.4. The smallest absolute Gasteiger partial charge is 0.418 e. The molecule has 9 heteroatoms. The molecular weight excluding hydrogens is 363 g/mol. The number of nitrogens with zero attached hydrogens (tertiary/aromatic N) is 2. The minimum atomic E-state index is -4.57. The molecule has 3 aromatic rings. The van der Waals surface area contributed by atoms with Crippen molar-refractivity contribution in [3.8, 4) is 17.2 Å². The van der Waals surface area contributed by atoms with Crippen molar-refractivity contribution >= 4 is 11.6 Å². The molecule has 0 aliphatic carbocycles. The number of para-hydroxylation sites is 1. The maximum absolute atomic E-state index is 13.0. The van der Waals surface area contributed by atoms with Gasteiger partial charge in [-0.15, -0.1) is 10.2 Å². The van der Waals surface area contributed by atoms with Gasteiger partial charge in [-0.3, -0.25) is 4.79 Å². The van der Waals surface area contributed by atoms with E-state index in [0.29, 0.717) is 17.2 Å². The minimum absolute atomic E-state index is 0.322. The molecule has 1 heterocycles. The quantitative estimate of drug-likeness (QED) is 0.722. The fourth-order valence-electron chi connectivity index (χ4n) is 2.31. The van der Waals surface area contributed by atoms with Gasteiger partial charge in [-0.05, 0) is 43.3 Å². The van der Waals surface area contributed by atoms with Crippen LogP contribution in [0.3, 0.4) is 0 Å². The second-order valence-corrected chi connectivity index (χ2v) is 5.56. The lowest BCUT2D eigenvalue weighted by molar-refractivity contribution is -0.137. The van der Waals surface area contributed by atoms with Crippen molar-refractivity contribution in [3.63, 3.8) is 0 Å². The van der Waals surface area contributed by atoms with Gasteiger partial charge < -0.3 is 14.5 Å². The number of anilines is 1. The van der Waals surface area contributed by atoms with Crippen LogP contribution in [-0.2, 0) is 11.0 Å². The molecule has 1 N–H and O–H groups in total. The molecule has 27 heavy (non-hydrogen) atoms. The molecule has 0 unspecified atom stereocenters. The molecule has 1 amide bonds. The van der Waals surface area contributed by atoms with Gasteiger partial charge in [-0.1, -0.05) is 12.1 Å². The van der Waals surface area contributed by atoms with E-state index in [1.807, 2.05) is 0 Å². The molecule has 0 saturated carbocycles. The van der Waals surface area contributed by atoms with E-state index in [0.717, 1.165) is 6.07 Å². The van der Waals surface area contributed by atoms with Crippen LogP contribution in [0, 0.1) is 0 Å². The second-order valence-electron chi connectivity index (χ2n) is 5.56. The van der Waals surface area contributed by atoms with Crippen LogP contribution >= 0.6 is 0 Å². The van der Waals surface area contributed by atoms with Crippen molar-refractivity contribution in [2.45, 2.75) is 19.2 Å². The lowest BCUT2D eigenvalue weighted by Crippen LogP contribution is -2.31. The van der Waals surface area contributed by atoms with E-state index in [4.69, 9.17) is 9.15 Å². The zero-order valence-electron chi connectivity index (χ0n) is 14.0. The molecule has 0 saturated heterocycles. The molecule has 0 fully saturated rings. The predicted octanol–water partition coefficient (Wildman–Crippen LogP) is 4.16. The van der Waals surface area contributed by atoms with Gasteiger partial charge in [0.1, 0.15) is 5.75 Å². The number of carbonyl (C=O) groups is 1. The molecule has 0 radical (unpaired) electrons. The molecule has 140 valence electrons. The standard InChI is InChI=1S/C18H14F3N3O3/c1-11(16(25)23-15-5-3-2-4-14(15)18(19,20)21)27-13-8-6-12(7-9-13)17-24-22-10-26-17/h2-11H,1H3,(H,23,25)/t11-/m1/s1. The highest BCUT2D eigenvalue weighted by molar-refractivity contribution is 5.94. The molecular formula is C18H14F3N3O3. The van der Waals surface area contributed by atoms with Gasteiger partial charge in [-0.2, -0.15) is 13.2 Å². The van der Waals surface area contributed by atoms with Gasteiger partial charge in [0, 0.05) is 5.56 Å². The summed E-state index contributed by atoms with van der Waals surface area (Å²) in [6.07, 6.45) is -4.38. The van der Waals surface area contributed by atoms with Crippen molar-refractivity contribution in [2.24, 2.45) is 0 Å². The number of ether oxygens (including phenoxy) is 1. The first-order chi connectivity index (χ1) is 12.8. The summed E-state index contributed by atoms with van der Waals surface area (Å²) in [5.41, 5.74) is -0.581. The van der Waals surface area contributed by atoms with Crippen molar-refractivity contribution in [1.29, 1.82) is 0 Å². The Morgan fingerprint density at radius 3 is 2.48 bits per heavy atom. The number of halogens is 3. The summed E-state index contributed by atoms with van der Waals surface area (Å²) in [4.78, 5) is 12.2. The number of rotatable bonds is 5. The van der Waals surface area contributed by atoms with Crippen LogP contribution in [0.5, 0.6) is 5.75 Å². The average Bonchev–Trinajstić information content (AvgIpc) is 3.16. The first-order valence-corrected chi connectivity index (χ1v) is 7.85. The Labute approximate surface area is 152 Å². The first-order valence-electron chi connectivity index (χ1n) is 7.85. The zero-order valence-corrected chi connectivity index (χ0v) is 14.0. The van der Waals surface area contributed by atoms with E-state index < -0.39 is 23.8 Å². The lowest BCUT2D eigenvalue weighted by Gasteiger charge is -2.17. The predicted molar refractivity (Wildman–Crippen MR) is 89.9 cm³/mol. The Hall–Kier alpha value is -3.36. The van der Waals surface area contributed by atoms with E-state index in [2.05, 4.69) is 15.5 Å². The van der Waals surface area contributed by atoms with Crippen molar-refractivity contribution in [2.75, 3.05) is 5.32 Å². The highest BCUT2D eigenvalue weighted by Gasteiger charge is 2.34. The fourth-order valence-corrected chi connectivity index (χ4v) is 2.31. The molecule has 3 rings (SSSR count). The molecule has 0 bridgehead atoms. The number of aromatic nitrogens is 2.